The fourth-order valence-electron chi connectivity index (χ4n) is 1.96. The number of methoxy groups -OCH3 is 1. The van der Waals surface area contributed by atoms with E-state index < -0.39 is 10.8 Å². The molecule has 130 valence electrons. The van der Waals surface area contributed by atoms with Gasteiger partial charge in [0.15, 0.2) is 0 Å². The van der Waals surface area contributed by atoms with E-state index in [0.29, 0.717) is 11.4 Å². The molecule has 0 aliphatic carbocycles. The van der Waals surface area contributed by atoms with Gasteiger partial charge in [-0.15, -0.1) is 0 Å². The van der Waals surface area contributed by atoms with Gasteiger partial charge in [-0.3, -0.25) is 19.7 Å². The largest absolute Gasteiger partial charge is 0.375 e. The Kier molecular flexibility index (Phi) is 6.04. The molecule has 0 aliphatic rings. The minimum Gasteiger partial charge on any atom is -0.375 e. The van der Waals surface area contributed by atoms with Crippen LogP contribution in [0.4, 0.5) is 17.1 Å². The number of hydrogen-bond acceptors (Lipinski definition) is 5. The van der Waals surface area contributed by atoms with E-state index in [4.69, 9.17) is 16.3 Å². The van der Waals surface area contributed by atoms with Gasteiger partial charge in [0.25, 0.3) is 11.6 Å². The molecule has 2 aromatic carbocycles. The van der Waals surface area contributed by atoms with Crippen LogP contribution in [0, 0.1) is 10.1 Å². The van der Waals surface area contributed by atoms with Crippen LogP contribution in [0.15, 0.2) is 42.5 Å². The highest BCUT2D eigenvalue weighted by atomic mass is 35.5. The zero-order valence-corrected chi connectivity index (χ0v) is 13.9. The maximum absolute atomic E-state index is 12.3. The lowest BCUT2D eigenvalue weighted by atomic mass is 10.1. The molecule has 9 heteroatoms. The molecule has 0 heterocycles. The van der Waals surface area contributed by atoms with Crippen molar-refractivity contribution in [2.24, 2.45) is 0 Å². The van der Waals surface area contributed by atoms with E-state index in [0.717, 1.165) is 6.07 Å². The van der Waals surface area contributed by atoms with E-state index in [-0.39, 0.29) is 28.8 Å². The van der Waals surface area contributed by atoms with E-state index in [1.165, 1.54) is 19.2 Å². The Labute approximate surface area is 147 Å². The summed E-state index contributed by atoms with van der Waals surface area (Å²) >= 11 is 5.93. The van der Waals surface area contributed by atoms with Crippen molar-refractivity contribution in [3.8, 4) is 0 Å². The molecule has 2 N–H and O–H groups in total. The van der Waals surface area contributed by atoms with Gasteiger partial charge in [-0.1, -0.05) is 11.6 Å². The van der Waals surface area contributed by atoms with Crippen LogP contribution < -0.4 is 10.6 Å². The Morgan fingerprint density at radius 3 is 2.28 bits per heavy atom. The van der Waals surface area contributed by atoms with Crippen molar-refractivity contribution < 1.29 is 19.2 Å². The highest BCUT2D eigenvalue weighted by molar-refractivity contribution is 6.34. The molecule has 25 heavy (non-hydrogen) atoms. The first-order valence-electron chi connectivity index (χ1n) is 7.05. The summed E-state index contributed by atoms with van der Waals surface area (Å²) in [6.07, 6.45) is 0. The molecule has 2 aromatic rings. The second kappa shape index (κ2) is 8.22. The first kappa shape index (κ1) is 18.4. The van der Waals surface area contributed by atoms with Gasteiger partial charge in [0.2, 0.25) is 5.91 Å². The number of halogens is 1. The summed E-state index contributed by atoms with van der Waals surface area (Å²) in [5.41, 5.74) is 0.741. The number of benzene rings is 2. The van der Waals surface area contributed by atoms with Crippen molar-refractivity contribution in [2.75, 3.05) is 24.4 Å². The number of rotatable bonds is 6. The van der Waals surface area contributed by atoms with Gasteiger partial charge >= 0.3 is 0 Å². The molecule has 0 unspecified atom stereocenters. The second-order valence-corrected chi connectivity index (χ2v) is 5.34. The number of nitrogens with zero attached hydrogens (tertiary/aromatic N) is 1. The molecular formula is C16H14ClN3O5. The summed E-state index contributed by atoms with van der Waals surface area (Å²) in [6.45, 7) is -0.0657. The zero-order chi connectivity index (χ0) is 18.4. The summed E-state index contributed by atoms with van der Waals surface area (Å²) in [7, 11) is 1.41. The number of non-ortho nitro benzene ring substituents is 1. The van der Waals surface area contributed by atoms with E-state index in [1.54, 1.807) is 24.3 Å². The number of ether oxygens (including phenoxy) is 1. The Morgan fingerprint density at radius 1 is 1.12 bits per heavy atom. The molecule has 8 nitrogen and oxygen atoms in total. The van der Waals surface area contributed by atoms with E-state index in [1.807, 2.05) is 0 Å². The number of amides is 2. The standard InChI is InChI=1S/C16H14ClN3O5/c1-25-9-15(21)18-10-2-4-11(5-3-10)19-16(22)13-8-12(20(23)24)6-7-14(13)17/h2-8H,9H2,1H3,(H,18,21)(H,19,22). The van der Waals surface area contributed by atoms with Crippen LogP contribution in [0.25, 0.3) is 0 Å². The first-order chi connectivity index (χ1) is 11.9. The zero-order valence-electron chi connectivity index (χ0n) is 13.1. The number of hydrogen-bond donors (Lipinski definition) is 2. The predicted octanol–water partition coefficient (Wildman–Crippen LogP) is 3.09. The monoisotopic (exact) mass is 363 g/mol. The second-order valence-electron chi connectivity index (χ2n) is 4.93. The molecule has 0 saturated heterocycles. The minimum atomic E-state index is -0.607. The summed E-state index contributed by atoms with van der Waals surface area (Å²) in [5, 5.41) is 16.1. The fraction of sp³-hybridized carbons (Fsp3) is 0.125. The third-order valence-electron chi connectivity index (χ3n) is 3.11. The van der Waals surface area contributed by atoms with E-state index in [2.05, 4.69) is 10.6 Å². The Hall–Kier alpha value is -2.97. The highest BCUT2D eigenvalue weighted by Gasteiger charge is 2.16. The lowest BCUT2D eigenvalue weighted by molar-refractivity contribution is -0.384. The van der Waals surface area contributed by atoms with Gasteiger partial charge in [0.05, 0.1) is 15.5 Å². The van der Waals surface area contributed by atoms with Gasteiger partial charge in [-0.05, 0) is 30.3 Å². The number of nitro groups is 1. The van der Waals surface area contributed by atoms with Crippen LogP contribution >= 0.6 is 11.6 Å². The molecule has 0 spiro atoms. The van der Waals surface area contributed by atoms with Crippen molar-refractivity contribution in [2.45, 2.75) is 0 Å². The summed E-state index contributed by atoms with van der Waals surface area (Å²) in [4.78, 5) is 33.9. The SMILES string of the molecule is COCC(=O)Nc1ccc(NC(=O)c2cc([N+](=O)[O-])ccc2Cl)cc1. The maximum atomic E-state index is 12.3. The molecular weight excluding hydrogens is 350 g/mol. The van der Waals surface area contributed by atoms with Crippen LogP contribution in [-0.2, 0) is 9.53 Å². The maximum Gasteiger partial charge on any atom is 0.270 e. The van der Waals surface area contributed by atoms with E-state index >= 15 is 0 Å². The molecule has 0 atom stereocenters. The fourth-order valence-corrected chi connectivity index (χ4v) is 2.17. The van der Waals surface area contributed by atoms with Crippen LogP contribution in [-0.4, -0.2) is 30.5 Å². The average Bonchev–Trinajstić information content (AvgIpc) is 2.57. The van der Waals surface area contributed by atoms with Gasteiger partial charge < -0.3 is 15.4 Å². The number of nitro benzene ring substituents is 1. The Bertz CT molecular complexity index is 808. The van der Waals surface area contributed by atoms with Crippen molar-refractivity contribution in [1.82, 2.24) is 0 Å². The van der Waals surface area contributed by atoms with Crippen LogP contribution in [0.1, 0.15) is 10.4 Å². The minimum absolute atomic E-state index is 0.00617. The van der Waals surface area contributed by atoms with Crippen molar-refractivity contribution in [1.29, 1.82) is 0 Å². The average molecular weight is 364 g/mol. The number of nitrogens with one attached hydrogen (secondary N) is 2. The quantitative estimate of drug-likeness (QED) is 0.605. The van der Waals surface area contributed by atoms with Crippen LogP contribution in [0.2, 0.25) is 5.02 Å². The lowest BCUT2D eigenvalue weighted by Crippen LogP contribution is -2.17. The molecule has 0 aliphatic heterocycles. The normalized spacial score (nSPS) is 10.2. The third-order valence-corrected chi connectivity index (χ3v) is 3.44. The van der Waals surface area contributed by atoms with Crippen LogP contribution in [0.3, 0.4) is 0 Å². The topological polar surface area (TPSA) is 111 Å². The predicted molar refractivity (Wildman–Crippen MR) is 93.0 cm³/mol. The Balaban J connectivity index is 2.09. The lowest BCUT2D eigenvalue weighted by Gasteiger charge is -2.08. The molecule has 0 bridgehead atoms. The highest BCUT2D eigenvalue weighted by Crippen LogP contribution is 2.23. The number of carbonyl (C=O) groups excluding carboxylic acids is 2. The van der Waals surface area contributed by atoms with Gasteiger partial charge in [0.1, 0.15) is 6.61 Å². The molecule has 2 amide bonds. The molecule has 0 saturated carbocycles. The van der Waals surface area contributed by atoms with Crippen molar-refractivity contribution in [3.05, 3.63) is 63.2 Å². The number of carbonyl (C=O) groups is 2. The summed E-state index contributed by atoms with van der Waals surface area (Å²) < 4.78 is 4.71. The first-order valence-corrected chi connectivity index (χ1v) is 7.42. The summed E-state index contributed by atoms with van der Waals surface area (Å²) in [5.74, 6) is -0.882. The molecule has 2 rings (SSSR count). The molecule has 0 fully saturated rings. The van der Waals surface area contributed by atoms with Gasteiger partial charge in [-0.2, -0.15) is 0 Å². The number of anilines is 2. The van der Waals surface area contributed by atoms with E-state index in [9.17, 15) is 19.7 Å². The smallest absolute Gasteiger partial charge is 0.270 e. The van der Waals surface area contributed by atoms with Crippen LogP contribution in [0.5, 0.6) is 0 Å². The molecule has 0 radical (unpaired) electrons. The van der Waals surface area contributed by atoms with Gasteiger partial charge in [0, 0.05) is 30.6 Å². The van der Waals surface area contributed by atoms with Gasteiger partial charge in [-0.25, -0.2) is 0 Å². The summed E-state index contributed by atoms with van der Waals surface area (Å²) in [6, 6.07) is 9.96. The van der Waals surface area contributed by atoms with Crippen molar-refractivity contribution in [3.63, 3.8) is 0 Å². The van der Waals surface area contributed by atoms with Crippen molar-refractivity contribution >= 4 is 40.5 Å². The Morgan fingerprint density at radius 2 is 1.72 bits per heavy atom. The third kappa shape index (κ3) is 5.00. The molecule has 0 aromatic heterocycles.